The summed E-state index contributed by atoms with van der Waals surface area (Å²) in [5.41, 5.74) is 13.3. The standard InChI is InChI=1S/C45H32N6/c1-5-32(34-9-13-36(14-10-34)50-42-17-21-46-26-38(42)39-27-47-22-18-43(39)50)6-2-30(1)25-31-3-7-33(8-4-31)35-11-15-37(16-12-35)51-44-19-23-48-28-40(44)41-29-49-24-20-45(41)51/h1-11,13-24,26-29,35H,12,25H2. The molecule has 242 valence electrons. The maximum atomic E-state index is 4.36. The van der Waals surface area contributed by atoms with Gasteiger partial charge in [-0.3, -0.25) is 19.9 Å². The Morgan fingerprint density at radius 1 is 0.490 bits per heavy atom. The molecule has 10 rings (SSSR count). The second-order valence-electron chi connectivity index (χ2n) is 13.2. The van der Waals surface area contributed by atoms with Crippen LogP contribution in [-0.4, -0.2) is 29.1 Å². The first-order valence-corrected chi connectivity index (χ1v) is 17.3. The molecule has 1 aliphatic carbocycles. The molecule has 0 amide bonds. The van der Waals surface area contributed by atoms with Gasteiger partial charge in [0, 0.05) is 88.4 Å². The Morgan fingerprint density at radius 3 is 1.41 bits per heavy atom. The number of aromatic nitrogens is 6. The van der Waals surface area contributed by atoms with Crippen LogP contribution in [0, 0.1) is 0 Å². The van der Waals surface area contributed by atoms with Gasteiger partial charge in [-0.05, 0) is 83.1 Å². The van der Waals surface area contributed by atoms with E-state index in [0.717, 1.165) is 62.1 Å². The fourth-order valence-electron chi connectivity index (χ4n) is 7.73. The normalized spacial score (nSPS) is 14.5. The fourth-order valence-corrected chi connectivity index (χ4v) is 7.73. The van der Waals surface area contributed by atoms with E-state index < -0.39 is 0 Å². The molecule has 6 heteroatoms. The van der Waals surface area contributed by atoms with Crippen LogP contribution in [0.25, 0.3) is 66.1 Å². The van der Waals surface area contributed by atoms with E-state index in [1.165, 1.54) is 33.5 Å². The van der Waals surface area contributed by atoms with Crippen LogP contribution in [0.4, 0.5) is 0 Å². The second-order valence-corrected chi connectivity index (χ2v) is 13.2. The van der Waals surface area contributed by atoms with Gasteiger partial charge in [0.15, 0.2) is 0 Å². The predicted molar refractivity (Wildman–Crippen MR) is 207 cm³/mol. The van der Waals surface area contributed by atoms with Crippen molar-refractivity contribution in [2.24, 2.45) is 0 Å². The van der Waals surface area contributed by atoms with Crippen LogP contribution >= 0.6 is 0 Å². The highest BCUT2D eigenvalue weighted by Crippen LogP contribution is 2.35. The maximum absolute atomic E-state index is 4.36. The highest BCUT2D eigenvalue weighted by molar-refractivity contribution is 6.10. The van der Waals surface area contributed by atoms with Gasteiger partial charge in [-0.1, -0.05) is 72.8 Å². The quantitative estimate of drug-likeness (QED) is 0.179. The van der Waals surface area contributed by atoms with Crippen molar-refractivity contribution in [1.82, 2.24) is 29.1 Å². The lowest BCUT2D eigenvalue weighted by Gasteiger charge is -2.19. The van der Waals surface area contributed by atoms with E-state index >= 15 is 0 Å². The molecule has 0 spiro atoms. The average molecular weight is 657 g/mol. The Labute approximate surface area is 294 Å². The minimum Gasteiger partial charge on any atom is -0.309 e. The van der Waals surface area contributed by atoms with Crippen LogP contribution in [0.2, 0.25) is 0 Å². The number of pyridine rings is 4. The zero-order valence-corrected chi connectivity index (χ0v) is 27.8. The zero-order valence-electron chi connectivity index (χ0n) is 27.8. The Morgan fingerprint density at radius 2 is 0.941 bits per heavy atom. The van der Waals surface area contributed by atoms with Crippen LogP contribution in [0.1, 0.15) is 29.0 Å². The Balaban J connectivity index is 0.829. The molecule has 0 saturated carbocycles. The summed E-state index contributed by atoms with van der Waals surface area (Å²) in [4.78, 5) is 17.4. The zero-order chi connectivity index (χ0) is 33.7. The maximum Gasteiger partial charge on any atom is 0.0572 e. The molecule has 1 atom stereocenters. The van der Waals surface area contributed by atoms with Crippen LogP contribution < -0.4 is 0 Å². The summed E-state index contributed by atoms with van der Waals surface area (Å²) < 4.78 is 4.61. The van der Waals surface area contributed by atoms with Gasteiger partial charge in [0.2, 0.25) is 0 Å². The first-order chi connectivity index (χ1) is 25.3. The lowest BCUT2D eigenvalue weighted by Crippen LogP contribution is -2.03. The Bertz CT molecular complexity index is 2680. The lowest BCUT2D eigenvalue weighted by atomic mass is 9.90. The van der Waals surface area contributed by atoms with E-state index in [9.17, 15) is 0 Å². The summed E-state index contributed by atoms with van der Waals surface area (Å²) in [7, 11) is 0. The molecule has 0 aliphatic heterocycles. The molecule has 6 heterocycles. The van der Waals surface area contributed by atoms with Gasteiger partial charge in [-0.25, -0.2) is 0 Å². The van der Waals surface area contributed by atoms with Crippen molar-refractivity contribution in [1.29, 1.82) is 0 Å². The highest BCUT2D eigenvalue weighted by atomic mass is 15.0. The topological polar surface area (TPSA) is 61.4 Å². The molecule has 1 aliphatic rings. The van der Waals surface area contributed by atoms with Crippen molar-refractivity contribution in [2.75, 3.05) is 0 Å². The van der Waals surface area contributed by atoms with Crippen LogP contribution in [-0.2, 0) is 6.42 Å². The smallest absolute Gasteiger partial charge is 0.0572 e. The molecule has 0 N–H and O–H groups in total. The first kappa shape index (κ1) is 29.3. The summed E-state index contributed by atoms with van der Waals surface area (Å²) in [6.45, 7) is 0. The number of rotatable bonds is 6. The van der Waals surface area contributed by atoms with E-state index in [1.807, 2.05) is 49.6 Å². The molecule has 1 unspecified atom stereocenters. The van der Waals surface area contributed by atoms with Gasteiger partial charge in [0.05, 0.1) is 22.1 Å². The second kappa shape index (κ2) is 12.0. The number of hydrogen-bond acceptors (Lipinski definition) is 4. The SMILES string of the molecule is C1=CC(c2ccc(Cc3ccc(-c4ccc(-n5c6ccncc6c6cnccc65)cc4)cc3)cc2)CC=C1n1c2ccncc2c2cnccc21. The fraction of sp³-hybridized carbons (Fsp3) is 0.0667. The molecule has 51 heavy (non-hydrogen) atoms. The predicted octanol–water partition coefficient (Wildman–Crippen LogP) is 10.3. The van der Waals surface area contributed by atoms with E-state index in [0.29, 0.717) is 5.92 Å². The summed E-state index contributed by atoms with van der Waals surface area (Å²) >= 11 is 0. The molecule has 0 saturated heterocycles. The minimum absolute atomic E-state index is 0.355. The largest absolute Gasteiger partial charge is 0.309 e. The first-order valence-electron chi connectivity index (χ1n) is 17.3. The van der Waals surface area contributed by atoms with Crippen molar-refractivity contribution in [3.05, 3.63) is 182 Å². The van der Waals surface area contributed by atoms with Gasteiger partial charge < -0.3 is 9.13 Å². The van der Waals surface area contributed by atoms with Crippen molar-refractivity contribution >= 4 is 49.3 Å². The molecular formula is C45H32N6. The summed E-state index contributed by atoms with van der Waals surface area (Å²) in [6, 6.07) is 35.2. The van der Waals surface area contributed by atoms with Crippen LogP contribution in [0.3, 0.4) is 0 Å². The molecule has 6 nitrogen and oxygen atoms in total. The van der Waals surface area contributed by atoms with E-state index in [-0.39, 0.29) is 0 Å². The Hall–Kier alpha value is -6.66. The van der Waals surface area contributed by atoms with Gasteiger partial charge in [0.1, 0.15) is 0 Å². The molecule has 0 radical (unpaired) electrons. The number of fused-ring (bicyclic) bond motifs is 6. The van der Waals surface area contributed by atoms with Crippen molar-refractivity contribution in [3.63, 3.8) is 0 Å². The van der Waals surface area contributed by atoms with Gasteiger partial charge >= 0.3 is 0 Å². The third-order valence-corrected chi connectivity index (χ3v) is 10.3. The summed E-state index contributed by atoms with van der Waals surface area (Å²) in [5, 5.41) is 4.48. The minimum atomic E-state index is 0.355. The number of nitrogens with zero attached hydrogens (tertiary/aromatic N) is 6. The number of benzene rings is 3. The molecule has 0 bridgehead atoms. The molecule has 0 fully saturated rings. The van der Waals surface area contributed by atoms with Gasteiger partial charge in [-0.2, -0.15) is 0 Å². The third kappa shape index (κ3) is 5.03. The molecule has 3 aromatic carbocycles. The number of allylic oxidation sites excluding steroid dienone is 4. The van der Waals surface area contributed by atoms with E-state index in [1.54, 1.807) is 0 Å². The van der Waals surface area contributed by atoms with Crippen LogP contribution in [0.15, 0.2) is 165 Å². The van der Waals surface area contributed by atoms with Crippen molar-refractivity contribution < 1.29 is 0 Å². The summed E-state index contributed by atoms with van der Waals surface area (Å²) in [6.07, 6.45) is 24.0. The summed E-state index contributed by atoms with van der Waals surface area (Å²) in [5.74, 6) is 0.355. The van der Waals surface area contributed by atoms with Gasteiger partial charge in [-0.15, -0.1) is 0 Å². The molecule has 9 aromatic rings. The van der Waals surface area contributed by atoms with Crippen molar-refractivity contribution in [3.8, 4) is 16.8 Å². The number of hydrogen-bond donors (Lipinski definition) is 0. The van der Waals surface area contributed by atoms with E-state index in [4.69, 9.17) is 0 Å². The monoisotopic (exact) mass is 656 g/mol. The third-order valence-electron chi connectivity index (χ3n) is 10.3. The van der Waals surface area contributed by atoms with Crippen molar-refractivity contribution in [2.45, 2.75) is 18.8 Å². The molecule has 6 aromatic heterocycles. The lowest BCUT2D eigenvalue weighted by molar-refractivity contribution is 0.849. The highest BCUT2D eigenvalue weighted by Gasteiger charge is 2.17. The van der Waals surface area contributed by atoms with E-state index in [2.05, 4.69) is 144 Å². The van der Waals surface area contributed by atoms with Gasteiger partial charge in [0.25, 0.3) is 0 Å². The molecular weight excluding hydrogens is 625 g/mol. The average Bonchev–Trinajstić information content (AvgIpc) is 3.72. The van der Waals surface area contributed by atoms with Crippen LogP contribution in [0.5, 0.6) is 0 Å². The Kier molecular flexibility index (Phi) is 6.91.